The van der Waals surface area contributed by atoms with E-state index in [2.05, 4.69) is 37.6 Å². The highest BCUT2D eigenvalue weighted by atomic mass is 16.5. The monoisotopic (exact) mass is 653 g/mol. The Bertz CT molecular complexity index is 1350. The number of unbranched alkanes of at least 4 members (excludes halogenated alkanes) is 1. The van der Waals surface area contributed by atoms with Crippen LogP contribution in [-0.4, -0.2) is 80.4 Å². The summed E-state index contributed by atoms with van der Waals surface area (Å²) in [5.41, 5.74) is 3.34. The summed E-state index contributed by atoms with van der Waals surface area (Å²) in [6.07, 6.45) is 3.97. The van der Waals surface area contributed by atoms with Gasteiger partial charge in [0.15, 0.2) is 19.0 Å². The van der Waals surface area contributed by atoms with Gasteiger partial charge < -0.3 is 30.2 Å². The van der Waals surface area contributed by atoms with Gasteiger partial charge >= 0.3 is 17.9 Å². The van der Waals surface area contributed by atoms with Gasteiger partial charge in [-0.1, -0.05) is 54.6 Å². The first-order valence-corrected chi connectivity index (χ1v) is 15.4. The normalized spacial score (nSPS) is 11.0. The number of hydrogen-bond donors (Lipinski definition) is 3. The molecule has 0 aliphatic heterocycles. The van der Waals surface area contributed by atoms with Crippen molar-refractivity contribution >= 4 is 41.4 Å². The SMILES string of the molecule is CC(=O)OCC(=O)NCC[C@H](NC(=O)COC(C)=O)C(=O)NCCC(=O)OCC(=O)Cc1ccc(CCCCc2ccccc2)cc1. The van der Waals surface area contributed by atoms with Crippen LogP contribution in [0.1, 0.15) is 56.2 Å². The number of rotatable bonds is 21. The van der Waals surface area contributed by atoms with Crippen molar-refractivity contribution in [3.63, 3.8) is 0 Å². The van der Waals surface area contributed by atoms with Gasteiger partial charge in [0.2, 0.25) is 5.91 Å². The fourth-order valence-corrected chi connectivity index (χ4v) is 4.30. The van der Waals surface area contributed by atoms with Crippen LogP contribution in [0.25, 0.3) is 0 Å². The van der Waals surface area contributed by atoms with Gasteiger partial charge in [0.1, 0.15) is 12.6 Å². The Morgan fingerprint density at radius 1 is 0.638 bits per heavy atom. The lowest BCUT2D eigenvalue weighted by molar-refractivity contribution is -0.147. The number of carbonyl (C=O) groups excluding carboxylic acids is 7. The van der Waals surface area contributed by atoms with Crippen molar-refractivity contribution in [3.05, 3.63) is 71.3 Å². The lowest BCUT2D eigenvalue weighted by Gasteiger charge is -2.18. The highest BCUT2D eigenvalue weighted by Crippen LogP contribution is 2.11. The lowest BCUT2D eigenvalue weighted by Crippen LogP contribution is -2.49. The largest absolute Gasteiger partial charge is 0.458 e. The molecule has 13 heteroatoms. The van der Waals surface area contributed by atoms with Gasteiger partial charge in [-0.2, -0.15) is 0 Å². The van der Waals surface area contributed by atoms with Crippen molar-refractivity contribution in [2.75, 3.05) is 32.9 Å². The summed E-state index contributed by atoms with van der Waals surface area (Å²) >= 11 is 0. The van der Waals surface area contributed by atoms with Gasteiger partial charge in [0, 0.05) is 33.4 Å². The summed E-state index contributed by atoms with van der Waals surface area (Å²) in [4.78, 5) is 82.9. The summed E-state index contributed by atoms with van der Waals surface area (Å²) in [5.74, 6) is -4.32. The Kier molecular flexibility index (Phi) is 17.5. The summed E-state index contributed by atoms with van der Waals surface area (Å²) < 4.78 is 14.3. The van der Waals surface area contributed by atoms with Crippen molar-refractivity contribution in [2.24, 2.45) is 0 Å². The first-order valence-electron chi connectivity index (χ1n) is 15.4. The second-order valence-corrected chi connectivity index (χ2v) is 10.7. The van der Waals surface area contributed by atoms with Crippen LogP contribution in [0, 0.1) is 0 Å². The van der Waals surface area contributed by atoms with E-state index >= 15 is 0 Å². The molecule has 2 aromatic carbocycles. The Balaban J connectivity index is 1.70. The Hall–Kier alpha value is -5.07. The van der Waals surface area contributed by atoms with E-state index in [4.69, 9.17) is 4.74 Å². The molecule has 0 heterocycles. The van der Waals surface area contributed by atoms with Crippen LogP contribution in [0.3, 0.4) is 0 Å². The van der Waals surface area contributed by atoms with Crippen LogP contribution in [0.2, 0.25) is 0 Å². The van der Waals surface area contributed by atoms with E-state index in [1.807, 2.05) is 42.5 Å². The van der Waals surface area contributed by atoms with Gasteiger partial charge in [-0.05, 0) is 48.8 Å². The van der Waals surface area contributed by atoms with E-state index < -0.39 is 61.5 Å². The van der Waals surface area contributed by atoms with Crippen LogP contribution >= 0.6 is 0 Å². The van der Waals surface area contributed by atoms with Gasteiger partial charge in [-0.15, -0.1) is 0 Å². The maximum Gasteiger partial charge on any atom is 0.308 e. The number of carbonyl (C=O) groups is 7. The molecule has 0 spiro atoms. The fraction of sp³-hybridized carbons (Fsp3) is 0.441. The van der Waals surface area contributed by atoms with Gasteiger partial charge in [-0.3, -0.25) is 33.6 Å². The van der Waals surface area contributed by atoms with Crippen LogP contribution < -0.4 is 16.0 Å². The Morgan fingerprint density at radius 2 is 1.21 bits per heavy atom. The number of nitrogens with one attached hydrogen (secondary N) is 3. The summed E-state index contributed by atoms with van der Waals surface area (Å²) in [7, 11) is 0. The standard InChI is InChI=1S/C34H43N3O10/c1-24(38)45-22-31(41)35-18-16-30(37-32(42)23-46-25(2)39)34(44)36-19-17-33(43)47-21-29(40)20-28-14-12-27(13-15-28)11-7-6-10-26-8-4-3-5-9-26/h3-5,8-9,12-15,30H,6-7,10-11,16-23H2,1-2H3,(H,35,41)(H,36,44)(H,37,42)/t30-/m0/s1. The second-order valence-electron chi connectivity index (χ2n) is 10.7. The molecule has 0 radical (unpaired) electrons. The molecule has 3 N–H and O–H groups in total. The average molecular weight is 654 g/mol. The van der Waals surface area contributed by atoms with Crippen LogP contribution in [-0.2, 0) is 67.0 Å². The molecule has 0 saturated heterocycles. The first kappa shape index (κ1) is 38.1. The van der Waals surface area contributed by atoms with E-state index in [1.165, 1.54) is 11.1 Å². The molecule has 13 nitrogen and oxygen atoms in total. The highest BCUT2D eigenvalue weighted by molar-refractivity contribution is 5.89. The number of Topliss-reactive ketones (excluding diaryl/α,β-unsaturated/α-hetero) is 1. The second kappa shape index (κ2) is 21.6. The third-order valence-corrected chi connectivity index (χ3v) is 6.69. The van der Waals surface area contributed by atoms with E-state index in [-0.39, 0.29) is 38.1 Å². The molecule has 0 aliphatic carbocycles. The molecule has 3 amide bonds. The maximum atomic E-state index is 12.7. The molecule has 1 atom stereocenters. The topological polar surface area (TPSA) is 183 Å². The van der Waals surface area contributed by atoms with Gasteiger partial charge in [-0.25, -0.2) is 0 Å². The molecule has 254 valence electrons. The highest BCUT2D eigenvalue weighted by Gasteiger charge is 2.22. The number of ketones is 1. The van der Waals surface area contributed by atoms with E-state index in [1.54, 1.807) is 0 Å². The molecular weight excluding hydrogens is 610 g/mol. The molecule has 0 saturated carbocycles. The van der Waals surface area contributed by atoms with Crippen molar-refractivity contribution < 1.29 is 47.8 Å². The summed E-state index contributed by atoms with van der Waals surface area (Å²) in [6.45, 7) is 0.540. The molecule has 0 bridgehead atoms. The summed E-state index contributed by atoms with van der Waals surface area (Å²) in [6, 6.07) is 17.0. The van der Waals surface area contributed by atoms with Crippen molar-refractivity contribution in [1.82, 2.24) is 16.0 Å². The van der Waals surface area contributed by atoms with Gasteiger partial charge in [0.25, 0.3) is 11.8 Å². The minimum Gasteiger partial charge on any atom is -0.458 e. The lowest BCUT2D eigenvalue weighted by atomic mass is 10.0. The molecular formula is C34H43N3O10. The third-order valence-electron chi connectivity index (χ3n) is 6.69. The summed E-state index contributed by atoms with van der Waals surface area (Å²) in [5, 5.41) is 7.33. The van der Waals surface area contributed by atoms with Crippen LogP contribution in [0.5, 0.6) is 0 Å². The Labute approximate surface area is 274 Å². The van der Waals surface area contributed by atoms with E-state index in [0.717, 1.165) is 45.1 Å². The number of esters is 3. The van der Waals surface area contributed by atoms with Gasteiger partial charge in [0.05, 0.1) is 6.42 Å². The van der Waals surface area contributed by atoms with Crippen molar-refractivity contribution in [2.45, 2.75) is 64.8 Å². The van der Waals surface area contributed by atoms with E-state index in [0.29, 0.717) is 0 Å². The van der Waals surface area contributed by atoms with Crippen LogP contribution in [0.4, 0.5) is 0 Å². The van der Waals surface area contributed by atoms with E-state index in [9.17, 15) is 33.6 Å². The van der Waals surface area contributed by atoms with Crippen molar-refractivity contribution in [3.8, 4) is 0 Å². The Morgan fingerprint density at radius 3 is 1.83 bits per heavy atom. The molecule has 0 fully saturated rings. The maximum absolute atomic E-state index is 12.7. The number of aryl methyl sites for hydroxylation is 2. The minimum atomic E-state index is -1.15. The number of benzene rings is 2. The fourth-order valence-electron chi connectivity index (χ4n) is 4.30. The zero-order valence-electron chi connectivity index (χ0n) is 26.8. The number of amides is 3. The molecule has 2 rings (SSSR count). The van der Waals surface area contributed by atoms with Crippen LogP contribution in [0.15, 0.2) is 54.6 Å². The zero-order chi connectivity index (χ0) is 34.4. The quantitative estimate of drug-likeness (QED) is 0.101. The third kappa shape index (κ3) is 17.9. The first-order chi connectivity index (χ1) is 22.5. The molecule has 0 aliphatic rings. The number of ether oxygens (including phenoxy) is 3. The zero-order valence-corrected chi connectivity index (χ0v) is 26.8. The molecule has 2 aromatic rings. The predicted octanol–water partition coefficient (Wildman–Crippen LogP) is 1.53. The molecule has 0 aromatic heterocycles. The average Bonchev–Trinajstić information content (AvgIpc) is 3.04. The number of hydrogen-bond acceptors (Lipinski definition) is 10. The van der Waals surface area contributed by atoms with Crippen molar-refractivity contribution in [1.29, 1.82) is 0 Å². The predicted molar refractivity (Wildman–Crippen MR) is 170 cm³/mol. The molecule has 0 unspecified atom stereocenters. The molecule has 47 heavy (non-hydrogen) atoms. The smallest absolute Gasteiger partial charge is 0.308 e. The minimum absolute atomic E-state index is 0.0579.